The number of hydrogen-bond donors (Lipinski definition) is 0. The van der Waals surface area contributed by atoms with Gasteiger partial charge in [-0.05, 0) is 34.8 Å². The van der Waals surface area contributed by atoms with E-state index in [2.05, 4.69) is 31.9 Å². The van der Waals surface area contributed by atoms with E-state index in [4.69, 9.17) is 0 Å². The first-order chi connectivity index (χ1) is 8.09. The molecule has 0 aliphatic heterocycles. The zero-order valence-corrected chi connectivity index (χ0v) is 13.6. The molecular formula is C12H15Br2NOS. The molecule has 1 fully saturated rings. The fraction of sp³-hybridized carbons (Fsp3) is 0.583. The molecule has 0 saturated heterocycles. The minimum absolute atomic E-state index is 0.128. The highest BCUT2D eigenvalue weighted by atomic mass is 79.9. The van der Waals surface area contributed by atoms with Crippen LogP contribution in [-0.4, -0.2) is 28.7 Å². The van der Waals surface area contributed by atoms with E-state index in [1.54, 1.807) is 11.3 Å². The maximum atomic E-state index is 12.3. The molecule has 1 heterocycles. The summed E-state index contributed by atoms with van der Waals surface area (Å²) in [7, 11) is 1.91. The average molecular weight is 381 g/mol. The Balaban J connectivity index is 2.08. The molecule has 2 nitrogen and oxygen atoms in total. The molecule has 2 rings (SSSR count). The molecule has 1 amide bonds. The maximum absolute atomic E-state index is 12.3. The second-order valence-electron chi connectivity index (χ2n) is 4.42. The molecule has 1 saturated carbocycles. The molecule has 0 spiro atoms. The van der Waals surface area contributed by atoms with Gasteiger partial charge in [-0.2, -0.15) is 0 Å². The van der Waals surface area contributed by atoms with Crippen LogP contribution in [0.5, 0.6) is 0 Å². The maximum Gasteiger partial charge on any atom is 0.254 e. The Morgan fingerprint density at radius 3 is 2.76 bits per heavy atom. The van der Waals surface area contributed by atoms with Gasteiger partial charge in [0.05, 0.1) is 9.35 Å². The van der Waals surface area contributed by atoms with Crippen LogP contribution in [0.1, 0.15) is 36.0 Å². The normalized spacial score (nSPS) is 24.6. The number of carbonyl (C=O) groups is 1. The third kappa shape index (κ3) is 3.12. The van der Waals surface area contributed by atoms with Gasteiger partial charge in [0, 0.05) is 23.3 Å². The van der Waals surface area contributed by atoms with Crippen molar-refractivity contribution in [3.8, 4) is 0 Å². The van der Waals surface area contributed by atoms with Crippen molar-refractivity contribution in [2.75, 3.05) is 7.05 Å². The van der Waals surface area contributed by atoms with E-state index in [9.17, 15) is 4.79 Å². The molecule has 94 valence electrons. The minimum atomic E-state index is 0.128. The van der Waals surface area contributed by atoms with Crippen LogP contribution in [0.3, 0.4) is 0 Å². The first kappa shape index (κ1) is 13.6. The van der Waals surface area contributed by atoms with Crippen molar-refractivity contribution in [3.05, 3.63) is 20.8 Å². The summed E-state index contributed by atoms with van der Waals surface area (Å²) in [5.74, 6) is 0.128. The molecule has 2 atom stereocenters. The smallest absolute Gasteiger partial charge is 0.254 e. The van der Waals surface area contributed by atoms with Crippen molar-refractivity contribution in [1.29, 1.82) is 0 Å². The fourth-order valence-corrected chi connectivity index (χ4v) is 4.35. The van der Waals surface area contributed by atoms with Gasteiger partial charge in [0.15, 0.2) is 0 Å². The minimum Gasteiger partial charge on any atom is -0.338 e. The van der Waals surface area contributed by atoms with E-state index in [-0.39, 0.29) is 5.91 Å². The Bertz CT molecular complexity index is 407. The number of amides is 1. The van der Waals surface area contributed by atoms with Gasteiger partial charge in [-0.25, -0.2) is 0 Å². The third-order valence-corrected chi connectivity index (χ3v) is 5.85. The summed E-state index contributed by atoms with van der Waals surface area (Å²) in [5, 5.41) is 1.91. The Morgan fingerprint density at radius 2 is 2.18 bits per heavy atom. The Hall–Kier alpha value is 0.130. The van der Waals surface area contributed by atoms with Crippen molar-refractivity contribution in [3.63, 3.8) is 0 Å². The number of thiophene rings is 1. The quantitative estimate of drug-likeness (QED) is 0.701. The zero-order valence-electron chi connectivity index (χ0n) is 9.66. The number of halogens is 2. The molecule has 0 bridgehead atoms. The van der Waals surface area contributed by atoms with E-state index >= 15 is 0 Å². The van der Waals surface area contributed by atoms with Crippen LogP contribution in [0.25, 0.3) is 0 Å². The van der Waals surface area contributed by atoms with Gasteiger partial charge in [0.1, 0.15) is 0 Å². The van der Waals surface area contributed by atoms with E-state index in [0.29, 0.717) is 10.9 Å². The fourth-order valence-electron chi connectivity index (χ4n) is 2.28. The van der Waals surface area contributed by atoms with Gasteiger partial charge < -0.3 is 4.90 Å². The SMILES string of the molecule is CN(C(=O)c1csc(Br)c1)C1CCCCC1Br. The lowest BCUT2D eigenvalue weighted by atomic mass is 9.94. The summed E-state index contributed by atoms with van der Waals surface area (Å²) in [6, 6.07) is 2.23. The van der Waals surface area contributed by atoms with E-state index in [0.717, 1.165) is 22.2 Å². The second kappa shape index (κ2) is 5.85. The van der Waals surface area contributed by atoms with Crippen LogP contribution in [0, 0.1) is 0 Å². The monoisotopic (exact) mass is 379 g/mol. The summed E-state index contributed by atoms with van der Waals surface area (Å²) in [6.07, 6.45) is 4.75. The lowest BCUT2D eigenvalue weighted by molar-refractivity contribution is 0.0705. The van der Waals surface area contributed by atoms with Crippen LogP contribution in [-0.2, 0) is 0 Å². The Kier molecular flexibility index (Phi) is 4.66. The number of hydrogen-bond acceptors (Lipinski definition) is 2. The summed E-state index contributed by atoms with van der Waals surface area (Å²) >= 11 is 8.65. The predicted molar refractivity (Wildman–Crippen MR) is 79.1 cm³/mol. The first-order valence-electron chi connectivity index (χ1n) is 5.75. The molecule has 5 heteroatoms. The van der Waals surface area contributed by atoms with Gasteiger partial charge in [-0.15, -0.1) is 11.3 Å². The molecule has 17 heavy (non-hydrogen) atoms. The number of nitrogens with zero attached hydrogens (tertiary/aromatic N) is 1. The van der Waals surface area contributed by atoms with Gasteiger partial charge in [0.2, 0.25) is 0 Å². The molecule has 1 aliphatic rings. The van der Waals surface area contributed by atoms with Gasteiger partial charge in [-0.3, -0.25) is 4.79 Å². The summed E-state index contributed by atoms with van der Waals surface area (Å²) < 4.78 is 1.01. The van der Waals surface area contributed by atoms with E-state index in [1.165, 1.54) is 12.8 Å². The van der Waals surface area contributed by atoms with Crippen molar-refractivity contribution >= 4 is 49.1 Å². The second-order valence-corrected chi connectivity index (χ2v) is 7.89. The number of carbonyl (C=O) groups excluding carboxylic acids is 1. The van der Waals surface area contributed by atoms with Crippen LogP contribution in [0.2, 0.25) is 0 Å². The highest BCUT2D eigenvalue weighted by molar-refractivity contribution is 9.11. The van der Waals surface area contributed by atoms with E-state index in [1.807, 2.05) is 23.4 Å². The van der Waals surface area contributed by atoms with Gasteiger partial charge >= 0.3 is 0 Å². The summed E-state index contributed by atoms with van der Waals surface area (Å²) in [5.41, 5.74) is 0.787. The number of rotatable bonds is 2. The van der Waals surface area contributed by atoms with Gasteiger partial charge in [0.25, 0.3) is 5.91 Å². The molecule has 0 aromatic carbocycles. The van der Waals surface area contributed by atoms with Crippen LogP contribution in [0.4, 0.5) is 0 Å². The first-order valence-corrected chi connectivity index (χ1v) is 8.33. The predicted octanol–water partition coefficient (Wildman–Crippen LogP) is 4.29. The highest BCUT2D eigenvalue weighted by Gasteiger charge is 2.29. The lowest BCUT2D eigenvalue weighted by Crippen LogP contribution is -2.43. The van der Waals surface area contributed by atoms with Crippen LogP contribution in [0.15, 0.2) is 15.2 Å². The zero-order chi connectivity index (χ0) is 12.4. The van der Waals surface area contributed by atoms with Crippen molar-refractivity contribution in [2.45, 2.75) is 36.6 Å². The summed E-state index contributed by atoms with van der Waals surface area (Å²) in [6.45, 7) is 0. The standard InChI is InChI=1S/C12H15Br2NOS/c1-15(10-5-3-2-4-9(10)13)12(16)8-6-11(14)17-7-8/h6-7,9-10H,2-5H2,1H3. The Labute approximate surface area is 123 Å². The molecule has 1 aromatic rings. The molecule has 0 radical (unpaired) electrons. The highest BCUT2D eigenvalue weighted by Crippen LogP contribution is 2.29. The molecule has 1 aliphatic carbocycles. The Morgan fingerprint density at radius 1 is 1.47 bits per heavy atom. The topological polar surface area (TPSA) is 20.3 Å². The van der Waals surface area contributed by atoms with Crippen molar-refractivity contribution in [2.24, 2.45) is 0 Å². The van der Waals surface area contributed by atoms with Crippen molar-refractivity contribution in [1.82, 2.24) is 4.90 Å². The number of alkyl halides is 1. The third-order valence-electron chi connectivity index (χ3n) is 3.28. The van der Waals surface area contributed by atoms with Crippen LogP contribution >= 0.6 is 43.2 Å². The molecule has 0 N–H and O–H groups in total. The molecule has 1 aromatic heterocycles. The summed E-state index contributed by atoms with van der Waals surface area (Å²) in [4.78, 5) is 14.6. The van der Waals surface area contributed by atoms with E-state index < -0.39 is 0 Å². The molecule has 2 unspecified atom stereocenters. The largest absolute Gasteiger partial charge is 0.338 e. The van der Waals surface area contributed by atoms with Crippen LogP contribution < -0.4 is 0 Å². The van der Waals surface area contributed by atoms with Crippen molar-refractivity contribution < 1.29 is 4.79 Å². The van der Waals surface area contributed by atoms with Gasteiger partial charge in [-0.1, -0.05) is 28.8 Å². The molecular weight excluding hydrogens is 366 g/mol. The average Bonchev–Trinajstić information content (AvgIpc) is 2.75. The lowest BCUT2D eigenvalue weighted by Gasteiger charge is -2.35.